The molecular weight excluding hydrogens is 591 g/mol. The van der Waals surface area contributed by atoms with Gasteiger partial charge in [0.15, 0.2) is 17.5 Å². The molecule has 0 amide bonds. The van der Waals surface area contributed by atoms with Crippen LogP contribution in [0.25, 0.3) is 98.5 Å². The fraction of sp³-hybridized carbons (Fsp3) is 0. The average Bonchev–Trinajstić information content (AvgIpc) is 3.48. The Morgan fingerprint density at radius 2 is 0.766 bits per heavy atom. The van der Waals surface area contributed by atoms with Crippen molar-refractivity contribution in [2.45, 2.75) is 0 Å². The van der Waals surface area contributed by atoms with Crippen molar-refractivity contribution in [2.24, 2.45) is 0 Å². The van der Waals surface area contributed by atoms with Gasteiger partial charge in [0.1, 0.15) is 0 Å². The summed E-state index contributed by atoms with van der Waals surface area (Å²) >= 11 is 1.89. The highest BCUT2D eigenvalue weighted by molar-refractivity contribution is 7.26. The summed E-state index contributed by atoms with van der Waals surface area (Å²) in [5.74, 6) is 1.98. The van der Waals surface area contributed by atoms with Crippen molar-refractivity contribution >= 4 is 42.3 Å². The summed E-state index contributed by atoms with van der Waals surface area (Å²) in [4.78, 5) is 14.9. The van der Waals surface area contributed by atoms with E-state index >= 15 is 0 Å². The maximum atomic E-state index is 5.00. The van der Waals surface area contributed by atoms with E-state index in [4.69, 9.17) is 15.0 Å². The monoisotopic (exact) mass is 615 g/mol. The Morgan fingerprint density at radius 1 is 0.319 bits per heavy atom. The van der Waals surface area contributed by atoms with Crippen LogP contribution in [-0.2, 0) is 0 Å². The smallest absolute Gasteiger partial charge is 0.164 e. The van der Waals surface area contributed by atoms with Gasteiger partial charge in [0.05, 0.1) is 0 Å². The molecule has 4 heteroatoms. The molecule has 0 saturated heterocycles. The van der Waals surface area contributed by atoms with E-state index in [1.807, 2.05) is 72.0 Å². The van der Waals surface area contributed by atoms with Crippen molar-refractivity contribution in [2.75, 3.05) is 0 Å². The van der Waals surface area contributed by atoms with Crippen molar-refractivity contribution < 1.29 is 0 Å². The predicted molar refractivity (Wildman–Crippen MR) is 196 cm³/mol. The standard InChI is InChI=1S/C43H25N3S/c1-3-11-26(12-4-1)41-44-42(27-13-5-2-6-14-27)46-43(45-41)29-16-7-15-28(25-29)30-23-24-35-34-20-10-22-37-40(34)39-33(19-9-21-36(39)47-37)32-18-8-17-31(30)38(32)35/h1-25H. The van der Waals surface area contributed by atoms with Gasteiger partial charge in [-0.2, -0.15) is 0 Å². The molecule has 218 valence electrons. The number of nitrogens with zero attached hydrogens (tertiary/aromatic N) is 3. The molecular formula is C43H25N3S. The van der Waals surface area contributed by atoms with Crippen LogP contribution in [0, 0.1) is 0 Å². The van der Waals surface area contributed by atoms with Crippen LogP contribution in [0.3, 0.4) is 0 Å². The van der Waals surface area contributed by atoms with Gasteiger partial charge in [-0.3, -0.25) is 0 Å². The van der Waals surface area contributed by atoms with Crippen LogP contribution in [-0.4, -0.2) is 15.0 Å². The summed E-state index contributed by atoms with van der Waals surface area (Å²) in [6.45, 7) is 0. The van der Waals surface area contributed by atoms with Gasteiger partial charge in [-0.1, -0.05) is 133 Å². The van der Waals surface area contributed by atoms with E-state index in [1.165, 1.54) is 58.8 Å². The molecule has 0 fully saturated rings. The van der Waals surface area contributed by atoms with E-state index in [0.29, 0.717) is 17.5 Å². The topological polar surface area (TPSA) is 38.7 Å². The SMILES string of the molecule is c1ccc(-c2nc(-c3ccccc3)nc(-c3cccc(-c4ccc5c6c(cccc46)-c4cccc6sc7cccc-5c7c46)c3)n2)cc1. The zero-order valence-corrected chi connectivity index (χ0v) is 26.0. The van der Waals surface area contributed by atoms with E-state index in [2.05, 4.69) is 91.0 Å². The molecule has 0 saturated carbocycles. The molecule has 0 aliphatic heterocycles. The van der Waals surface area contributed by atoms with Crippen LogP contribution in [0.1, 0.15) is 0 Å². The van der Waals surface area contributed by atoms with Gasteiger partial charge in [0.25, 0.3) is 0 Å². The van der Waals surface area contributed by atoms with E-state index in [9.17, 15) is 0 Å². The van der Waals surface area contributed by atoms with E-state index in [1.54, 1.807) is 0 Å². The molecule has 1 aliphatic rings. The molecule has 10 rings (SSSR count). The minimum Gasteiger partial charge on any atom is -0.208 e. The second-order valence-electron chi connectivity index (χ2n) is 12.0. The zero-order valence-electron chi connectivity index (χ0n) is 25.2. The molecule has 9 aromatic rings. The normalized spacial score (nSPS) is 11.8. The van der Waals surface area contributed by atoms with Crippen LogP contribution in [0.4, 0.5) is 0 Å². The van der Waals surface area contributed by atoms with Gasteiger partial charge in [-0.15, -0.1) is 11.3 Å². The number of aromatic nitrogens is 3. The summed E-state index contributed by atoms with van der Waals surface area (Å²) in [7, 11) is 0. The molecule has 0 unspecified atom stereocenters. The lowest BCUT2D eigenvalue weighted by Gasteiger charge is -2.15. The predicted octanol–water partition coefficient (Wildman–Crippen LogP) is 11.7. The molecule has 0 bridgehead atoms. The van der Waals surface area contributed by atoms with Crippen molar-refractivity contribution in [1.82, 2.24) is 15.0 Å². The van der Waals surface area contributed by atoms with E-state index in [0.717, 1.165) is 22.3 Å². The minimum absolute atomic E-state index is 0.654. The Hall–Kier alpha value is -5.97. The zero-order chi connectivity index (χ0) is 30.9. The largest absolute Gasteiger partial charge is 0.208 e. The highest BCUT2D eigenvalue weighted by Gasteiger charge is 2.23. The molecule has 47 heavy (non-hydrogen) atoms. The van der Waals surface area contributed by atoms with Gasteiger partial charge in [0, 0.05) is 36.9 Å². The fourth-order valence-electron chi connectivity index (χ4n) is 7.19. The van der Waals surface area contributed by atoms with Gasteiger partial charge in [-0.05, 0) is 62.4 Å². The molecule has 3 nitrogen and oxygen atoms in total. The molecule has 7 aromatic carbocycles. The summed E-state index contributed by atoms with van der Waals surface area (Å²) in [6, 6.07) is 53.7. The Kier molecular flexibility index (Phi) is 5.74. The highest BCUT2D eigenvalue weighted by Crippen LogP contribution is 2.51. The third kappa shape index (κ3) is 4.09. The highest BCUT2D eigenvalue weighted by atomic mass is 32.1. The average molecular weight is 616 g/mol. The fourth-order valence-corrected chi connectivity index (χ4v) is 8.34. The lowest BCUT2D eigenvalue weighted by Crippen LogP contribution is -2.00. The van der Waals surface area contributed by atoms with Crippen LogP contribution < -0.4 is 0 Å². The number of thiophene rings is 1. The van der Waals surface area contributed by atoms with Crippen LogP contribution in [0.5, 0.6) is 0 Å². The number of benzene rings is 7. The van der Waals surface area contributed by atoms with Crippen LogP contribution >= 0.6 is 11.3 Å². The first-order chi connectivity index (χ1) is 23.3. The number of rotatable bonds is 4. The Morgan fingerprint density at radius 3 is 1.38 bits per heavy atom. The lowest BCUT2D eigenvalue weighted by atomic mass is 9.88. The first kappa shape index (κ1) is 26.3. The molecule has 0 atom stereocenters. The van der Waals surface area contributed by atoms with Crippen molar-refractivity contribution in [3.05, 3.63) is 152 Å². The number of hydrogen-bond donors (Lipinski definition) is 0. The maximum Gasteiger partial charge on any atom is 0.164 e. The molecule has 0 radical (unpaired) electrons. The van der Waals surface area contributed by atoms with Gasteiger partial charge in [-0.25, -0.2) is 15.0 Å². The lowest BCUT2D eigenvalue weighted by molar-refractivity contribution is 1.07. The second-order valence-corrected chi connectivity index (χ2v) is 13.1. The van der Waals surface area contributed by atoms with Gasteiger partial charge >= 0.3 is 0 Å². The second kappa shape index (κ2) is 10.3. The van der Waals surface area contributed by atoms with Crippen molar-refractivity contribution in [3.63, 3.8) is 0 Å². The summed E-state index contributed by atoms with van der Waals surface area (Å²) in [5.41, 5.74) is 10.4. The minimum atomic E-state index is 0.654. The molecule has 1 aliphatic carbocycles. The first-order valence-corrected chi connectivity index (χ1v) is 16.6. The third-order valence-electron chi connectivity index (χ3n) is 9.27. The van der Waals surface area contributed by atoms with E-state index < -0.39 is 0 Å². The maximum absolute atomic E-state index is 5.00. The Bertz CT molecular complexity index is 2550. The molecule has 2 aromatic heterocycles. The third-order valence-corrected chi connectivity index (χ3v) is 10.4. The van der Waals surface area contributed by atoms with Gasteiger partial charge in [0.2, 0.25) is 0 Å². The molecule has 0 spiro atoms. The molecule has 0 N–H and O–H groups in total. The van der Waals surface area contributed by atoms with Gasteiger partial charge < -0.3 is 0 Å². The number of fused-ring (bicyclic) bond motifs is 2. The summed E-state index contributed by atoms with van der Waals surface area (Å²) < 4.78 is 2.68. The van der Waals surface area contributed by atoms with Crippen molar-refractivity contribution in [1.29, 1.82) is 0 Å². The Labute approximate surface area is 275 Å². The summed E-state index contributed by atoms with van der Waals surface area (Å²) in [5, 5.41) is 5.28. The summed E-state index contributed by atoms with van der Waals surface area (Å²) in [6.07, 6.45) is 0. The first-order valence-electron chi connectivity index (χ1n) is 15.8. The number of hydrogen-bond acceptors (Lipinski definition) is 4. The van der Waals surface area contributed by atoms with Crippen LogP contribution in [0.15, 0.2) is 152 Å². The van der Waals surface area contributed by atoms with E-state index in [-0.39, 0.29) is 0 Å². The van der Waals surface area contributed by atoms with Crippen LogP contribution in [0.2, 0.25) is 0 Å². The Balaban J connectivity index is 1.18. The molecule has 2 heterocycles. The quantitative estimate of drug-likeness (QED) is 0.198. The van der Waals surface area contributed by atoms with Crippen molar-refractivity contribution in [3.8, 4) is 67.5 Å².